The molecule has 1 fully saturated rings. The zero-order valence-electron chi connectivity index (χ0n) is 18.6. The molecule has 1 aliphatic rings. The van der Waals surface area contributed by atoms with E-state index < -0.39 is 0 Å². The van der Waals surface area contributed by atoms with Crippen molar-refractivity contribution < 1.29 is 14.3 Å². The zero-order chi connectivity index (χ0) is 22.1. The highest BCUT2D eigenvalue weighted by atomic mass is 16.5. The predicted octanol–water partition coefficient (Wildman–Crippen LogP) is 4.39. The van der Waals surface area contributed by atoms with Crippen LogP contribution in [0.5, 0.6) is 0 Å². The van der Waals surface area contributed by atoms with Gasteiger partial charge in [0.15, 0.2) is 0 Å². The molecule has 0 atom stereocenters. The Hall–Kier alpha value is -2.86. The molecule has 6 heteroatoms. The van der Waals surface area contributed by atoms with E-state index in [0.29, 0.717) is 36.6 Å². The Bertz CT molecular complexity index is 891. The van der Waals surface area contributed by atoms with Crippen molar-refractivity contribution in [2.75, 3.05) is 43.1 Å². The van der Waals surface area contributed by atoms with Gasteiger partial charge in [0.25, 0.3) is 11.8 Å². The molecule has 0 spiro atoms. The van der Waals surface area contributed by atoms with Gasteiger partial charge in [-0.1, -0.05) is 18.2 Å². The van der Waals surface area contributed by atoms with E-state index in [1.165, 1.54) is 6.42 Å². The van der Waals surface area contributed by atoms with E-state index in [2.05, 4.69) is 15.5 Å². The average Bonchev–Trinajstić information content (AvgIpc) is 2.79. The van der Waals surface area contributed by atoms with Gasteiger partial charge in [-0.15, -0.1) is 0 Å². The third-order valence-corrected chi connectivity index (χ3v) is 5.54. The molecule has 1 heterocycles. The first kappa shape index (κ1) is 22.8. The number of hydrogen-bond donors (Lipinski definition) is 2. The van der Waals surface area contributed by atoms with Gasteiger partial charge in [-0.2, -0.15) is 0 Å². The Morgan fingerprint density at radius 3 is 2.52 bits per heavy atom. The molecule has 3 rings (SSSR count). The van der Waals surface area contributed by atoms with Gasteiger partial charge in [0, 0.05) is 49.8 Å². The summed E-state index contributed by atoms with van der Waals surface area (Å²) in [6, 6.07) is 13.1. The summed E-state index contributed by atoms with van der Waals surface area (Å²) < 4.78 is 5.35. The number of piperidine rings is 1. The normalized spacial score (nSPS) is 13.7. The Labute approximate surface area is 185 Å². The summed E-state index contributed by atoms with van der Waals surface area (Å²) in [5.74, 6) is -0.295. The standard InChI is InChI=1S/C25H33N3O3/c1-3-31-17-9-14-26-24(29)22-18-20(12-13-23(22)28-15-7-4-8-16-28)27-25(30)21-11-6-5-10-19(21)2/h5-6,10-13,18H,3-4,7-9,14-17H2,1-2H3,(H,26,29)(H,27,30). The molecule has 2 aromatic carbocycles. The molecule has 2 aromatic rings. The first-order valence-electron chi connectivity index (χ1n) is 11.2. The fraction of sp³-hybridized carbons (Fsp3) is 0.440. The van der Waals surface area contributed by atoms with Gasteiger partial charge < -0.3 is 20.3 Å². The van der Waals surface area contributed by atoms with E-state index in [9.17, 15) is 9.59 Å². The Morgan fingerprint density at radius 1 is 1.00 bits per heavy atom. The molecule has 2 amide bonds. The summed E-state index contributed by atoms with van der Waals surface area (Å²) in [6.45, 7) is 7.62. The molecule has 0 bridgehead atoms. The van der Waals surface area contributed by atoms with Gasteiger partial charge in [0.05, 0.1) is 5.56 Å². The van der Waals surface area contributed by atoms with Crippen LogP contribution in [0, 0.1) is 6.92 Å². The van der Waals surface area contributed by atoms with Gasteiger partial charge in [0.1, 0.15) is 0 Å². The van der Waals surface area contributed by atoms with Gasteiger partial charge in [-0.3, -0.25) is 9.59 Å². The van der Waals surface area contributed by atoms with Crippen LogP contribution in [0.4, 0.5) is 11.4 Å². The van der Waals surface area contributed by atoms with Crippen molar-refractivity contribution in [1.82, 2.24) is 5.32 Å². The van der Waals surface area contributed by atoms with Gasteiger partial charge in [-0.25, -0.2) is 0 Å². The minimum absolute atomic E-state index is 0.121. The predicted molar refractivity (Wildman–Crippen MR) is 125 cm³/mol. The van der Waals surface area contributed by atoms with E-state index in [1.807, 2.05) is 44.2 Å². The second kappa shape index (κ2) is 11.5. The Morgan fingerprint density at radius 2 is 1.77 bits per heavy atom. The van der Waals surface area contributed by atoms with Gasteiger partial charge in [0.2, 0.25) is 0 Å². The molecule has 0 radical (unpaired) electrons. The van der Waals surface area contributed by atoms with Crippen molar-refractivity contribution >= 4 is 23.2 Å². The van der Waals surface area contributed by atoms with E-state index in [0.717, 1.165) is 43.6 Å². The lowest BCUT2D eigenvalue weighted by Crippen LogP contribution is -2.33. The van der Waals surface area contributed by atoms with E-state index in [-0.39, 0.29) is 11.8 Å². The molecular weight excluding hydrogens is 390 g/mol. The fourth-order valence-electron chi connectivity index (χ4n) is 3.85. The lowest BCUT2D eigenvalue weighted by atomic mass is 10.0. The van der Waals surface area contributed by atoms with Crippen LogP contribution in [0.25, 0.3) is 0 Å². The van der Waals surface area contributed by atoms with Crippen molar-refractivity contribution in [1.29, 1.82) is 0 Å². The highest BCUT2D eigenvalue weighted by Crippen LogP contribution is 2.27. The Kier molecular flexibility index (Phi) is 8.47. The average molecular weight is 424 g/mol. The number of amides is 2. The summed E-state index contributed by atoms with van der Waals surface area (Å²) in [5, 5.41) is 5.95. The molecule has 6 nitrogen and oxygen atoms in total. The van der Waals surface area contributed by atoms with Crippen LogP contribution in [0.2, 0.25) is 0 Å². The maximum absolute atomic E-state index is 13.0. The lowest BCUT2D eigenvalue weighted by molar-refractivity contribution is 0.0943. The Balaban J connectivity index is 1.78. The molecule has 166 valence electrons. The number of nitrogens with one attached hydrogen (secondary N) is 2. The fourth-order valence-corrected chi connectivity index (χ4v) is 3.85. The van der Waals surface area contributed by atoms with Crippen molar-refractivity contribution in [3.63, 3.8) is 0 Å². The lowest BCUT2D eigenvalue weighted by Gasteiger charge is -2.30. The SMILES string of the molecule is CCOCCCNC(=O)c1cc(NC(=O)c2ccccc2C)ccc1N1CCCCC1. The minimum Gasteiger partial charge on any atom is -0.382 e. The van der Waals surface area contributed by atoms with E-state index >= 15 is 0 Å². The third-order valence-electron chi connectivity index (χ3n) is 5.54. The minimum atomic E-state index is -0.174. The van der Waals surface area contributed by atoms with Crippen LogP contribution in [0.3, 0.4) is 0 Å². The van der Waals surface area contributed by atoms with E-state index in [1.54, 1.807) is 12.1 Å². The summed E-state index contributed by atoms with van der Waals surface area (Å²) in [7, 11) is 0. The number of ether oxygens (including phenoxy) is 1. The molecule has 0 saturated carbocycles. The molecule has 0 unspecified atom stereocenters. The number of benzene rings is 2. The quantitative estimate of drug-likeness (QED) is 0.587. The summed E-state index contributed by atoms with van der Waals surface area (Å²) in [5.41, 5.74) is 3.69. The monoisotopic (exact) mass is 423 g/mol. The van der Waals surface area contributed by atoms with Gasteiger partial charge >= 0.3 is 0 Å². The van der Waals surface area contributed by atoms with Crippen LogP contribution in [0.1, 0.15) is 58.9 Å². The van der Waals surface area contributed by atoms with E-state index in [4.69, 9.17) is 4.74 Å². The first-order chi connectivity index (χ1) is 15.1. The maximum Gasteiger partial charge on any atom is 0.255 e. The molecule has 0 aliphatic carbocycles. The maximum atomic E-state index is 13.0. The highest BCUT2D eigenvalue weighted by molar-refractivity contribution is 6.07. The molecule has 2 N–H and O–H groups in total. The molecule has 1 aliphatic heterocycles. The topological polar surface area (TPSA) is 70.7 Å². The summed E-state index contributed by atoms with van der Waals surface area (Å²) >= 11 is 0. The molecular formula is C25H33N3O3. The molecule has 0 aromatic heterocycles. The second-order valence-electron chi connectivity index (χ2n) is 7.86. The number of carbonyl (C=O) groups excluding carboxylic acids is 2. The van der Waals surface area contributed by atoms with Crippen molar-refractivity contribution in [3.05, 3.63) is 59.2 Å². The number of rotatable bonds is 9. The van der Waals surface area contributed by atoms with Crippen molar-refractivity contribution in [2.24, 2.45) is 0 Å². The van der Waals surface area contributed by atoms with Crippen LogP contribution >= 0.6 is 0 Å². The first-order valence-corrected chi connectivity index (χ1v) is 11.2. The number of aryl methyl sites for hydroxylation is 1. The van der Waals surface area contributed by atoms with Crippen molar-refractivity contribution in [2.45, 2.75) is 39.5 Å². The van der Waals surface area contributed by atoms with Crippen LogP contribution < -0.4 is 15.5 Å². The number of hydrogen-bond acceptors (Lipinski definition) is 4. The summed E-state index contributed by atoms with van der Waals surface area (Å²) in [6.07, 6.45) is 4.24. The third kappa shape index (κ3) is 6.31. The number of nitrogens with zero attached hydrogens (tertiary/aromatic N) is 1. The largest absolute Gasteiger partial charge is 0.382 e. The molecule has 1 saturated heterocycles. The number of anilines is 2. The van der Waals surface area contributed by atoms with Crippen LogP contribution in [-0.2, 0) is 4.74 Å². The van der Waals surface area contributed by atoms with Crippen LogP contribution in [-0.4, -0.2) is 44.7 Å². The molecule has 31 heavy (non-hydrogen) atoms. The highest BCUT2D eigenvalue weighted by Gasteiger charge is 2.20. The van der Waals surface area contributed by atoms with Gasteiger partial charge in [-0.05, 0) is 69.4 Å². The smallest absolute Gasteiger partial charge is 0.255 e. The van der Waals surface area contributed by atoms with Crippen molar-refractivity contribution in [3.8, 4) is 0 Å². The second-order valence-corrected chi connectivity index (χ2v) is 7.86. The van der Waals surface area contributed by atoms with Crippen LogP contribution in [0.15, 0.2) is 42.5 Å². The zero-order valence-corrected chi connectivity index (χ0v) is 18.6. The number of carbonyl (C=O) groups is 2. The summed E-state index contributed by atoms with van der Waals surface area (Å²) in [4.78, 5) is 28.0.